The second-order valence-electron chi connectivity index (χ2n) is 11.5. The first kappa shape index (κ1) is 35.8. The molecule has 0 bridgehead atoms. The number of fused-ring (bicyclic) bond motifs is 2. The highest BCUT2D eigenvalue weighted by molar-refractivity contribution is 14.1. The Kier molecular flexibility index (Phi) is 15.7. The third-order valence-corrected chi connectivity index (χ3v) is 11.9. The molecule has 12 heteroatoms. The number of ether oxygens (including phenoxy) is 2. The summed E-state index contributed by atoms with van der Waals surface area (Å²) in [6.45, 7) is 17.1. The van der Waals surface area contributed by atoms with Crippen LogP contribution in [-0.4, -0.2) is 48.9 Å². The van der Waals surface area contributed by atoms with Gasteiger partial charge in [0.2, 0.25) is 0 Å². The van der Waals surface area contributed by atoms with E-state index in [1.807, 2.05) is 10.7 Å². The van der Waals surface area contributed by atoms with Crippen molar-refractivity contribution in [3.05, 3.63) is 60.2 Å². The summed E-state index contributed by atoms with van der Waals surface area (Å²) in [5.74, 6) is 0. The van der Waals surface area contributed by atoms with Crippen LogP contribution in [-0.2, 0) is 22.7 Å². The van der Waals surface area contributed by atoms with Gasteiger partial charge in [-0.15, -0.1) is 0 Å². The van der Waals surface area contributed by atoms with E-state index in [4.69, 9.17) is 21.1 Å². The highest BCUT2D eigenvalue weighted by Crippen LogP contribution is 2.26. The molecule has 5 nitrogen and oxygen atoms in total. The van der Waals surface area contributed by atoms with Crippen LogP contribution >= 0.6 is 88.6 Å². The molecule has 1 aliphatic rings. The molecule has 0 fully saturated rings. The largest absolute Gasteiger partial charge is 0.366 e. The fourth-order valence-corrected chi connectivity index (χ4v) is 7.00. The van der Waals surface area contributed by atoms with Gasteiger partial charge in [0, 0.05) is 49.3 Å². The summed E-state index contributed by atoms with van der Waals surface area (Å²) in [6, 6.07) is 15.3. The molecule has 2 heterocycles. The minimum Gasteiger partial charge on any atom is -0.366 e. The summed E-state index contributed by atoms with van der Waals surface area (Å²) < 4.78 is 17.1. The van der Waals surface area contributed by atoms with E-state index >= 15 is 0 Å². The third kappa shape index (κ3) is 13.7. The Hall–Kier alpha value is 0.644. The third-order valence-electron chi connectivity index (χ3n) is 5.63. The first-order chi connectivity index (χ1) is 18.2. The number of halogens is 5. The SMILES string of the molecule is Brc1ccc2c(c1)C(I)=NC2.C[Si](C)(C)CCOCCl.C[Si](C)(C)CCOCn1nc(I)c2cc(Br)ccc21. The monoisotopic (exact) mass is 939 g/mol. The molecule has 0 aliphatic carbocycles. The van der Waals surface area contributed by atoms with Crippen LogP contribution in [0.4, 0.5) is 0 Å². The summed E-state index contributed by atoms with van der Waals surface area (Å²) in [7, 11) is -1.89. The van der Waals surface area contributed by atoms with Crippen molar-refractivity contribution in [3.8, 4) is 0 Å². The standard InChI is InChI=1S/C13H18BrIN2OSi.C8H5BrIN.C6H15ClOSi/c1-19(2,3)7-6-18-9-17-12-5-4-10(14)8-11(12)13(15)16-17;9-6-2-1-5-4-11-8(10)7(5)3-6;1-9(2,3)5-4-8-6-7/h4-5,8H,6-7,9H2,1-3H3;1-3H,4H2;4-6H2,1-3H3. The molecule has 4 rings (SSSR count). The lowest BCUT2D eigenvalue weighted by Crippen LogP contribution is -2.22. The maximum Gasteiger partial charge on any atom is 0.140 e. The molecule has 0 N–H and O–H groups in total. The normalized spacial score (nSPS) is 12.8. The van der Waals surface area contributed by atoms with Gasteiger partial charge in [-0.25, -0.2) is 4.68 Å². The predicted molar refractivity (Wildman–Crippen MR) is 197 cm³/mol. The second-order valence-corrected chi connectivity index (χ2v) is 26.9. The van der Waals surface area contributed by atoms with Gasteiger partial charge in [0.25, 0.3) is 0 Å². The molecule has 0 saturated heterocycles. The van der Waals surface area contributed by atoms with Crippen molar-refractivity contribution in [3.63, 3.8) is 0 Å². The molecule has 0 radical (unpaired) electrons. The predicted octanol–water partition coefficient (Wildman–Crippen LogP) is 10.4. The smallest absolute Gasteiger partial charge is 0.140 e. The summed E-state index contributed by atoms with van der Waals surface area (Å²) >= 11 is 16.8. The van der Waals surface area contributed by atoms with E-state index in [2.05, 4.69) is 157 Å². The lowest BCUT2D eigenvalue weighted by atomic mass is 10.1. The minimum absolute atomic E-state index is 0.338. The zero-order valence-corrected chi connectivity index (χ0v) is 33.7. The molecule has 1 aliphatic heterocycles. The van der Waals surface area contributed by atoms with Crippen LogP contribution in [0.1, 0.15) is 11.1 Å². The van der Waals surface area contributed by atoms with Crippen LogP contribution in [0.2, 0.25) is 51.4 Å². The van der Waals surface area contributed by atoms with E-state index in [9.17, 15) is 0 Å². The van der Waals surface area contributed by atoms with E-state index in [0.29, 0.717) is 12.8 Å². The van der Waals surface area contributed by atoms with Crippen LogP contribution in [0.5, 0.6) is 0 Å². The van der Waals surface area contributed by atoms with Crippen molar-refractivity contribution in [2.45, 2.75) is 64.6 Å². The van der Waals surface area contributed by atoms with Crippen LogP contribution in [0.15, 0.2) is 50.3 Å². The lowest BCUT2D eigenvalue weighted by Gasteiger charge is -2.15. The summed E-state index contributed by atoms with van der Waals surface area (Å²) in [5.41, 5.74) is 3.73. The van der Waals surface area contributed by atoms with Crippen molar-refractivity contribution in [2.24, 2.45) is 4.99 Å². The lowest BCUT2D eigenvalue weighted by molar-refractivity contribution is 0.0814. The maximum atomic E-state index is 5.77. The van der Waals surface area contributed by atoms with Crippen molar-refractivity contribution >= 4 is 119 Å². The van der Waals surface area contributed by atoms with E-state index in [1.165, 1.54) is 28.6 Å². The van der Waals surface area contributed by atoms with Gasteiger partial charge in [-0.3, -0.25) is 4.99 Å². The molecule has 0 unspecified atom stereocenters. The highest BCUT2D eigenvalue weighted by Gasteiger charge is 2.14. The molecule has 216 valence electrons. The maximum absolute atomic E-state index is 5.77. The Bertz CT molecular complexity index is 1250. The van der Waals surface area contributed by atoms with Crippen molar-refractivity contribution in [1.29, 1.82) is 0 Å². The van der Waals surface area contributed by atoms with Crippen LogP contribution in [0.3, 0.4) is 0 Å². The molecular formula is C27H38Br2ClI2N3O2Si2. The van der Waals surface area contributed by atoms with Crippen LogP contribution in [0, 0.1) is 3.70 Å². The highest BCUT2D eigenvalue weighted by atomic mass is 127. The number of hydrogen-bond acceptors (Lipinski definition) is 4. The molecule has 0 amide bonds. The first-order valence-corrected chi connectivity index (χ1v) is 24.4. The fourth-order valence-electron chi connectivity index (χ4n) is 3.29. The molecule has 0 atom stereocenters. The van der Waals surface area contributed by atoms with Crippen LogP contribution < -0.4 is 0 Å². The summed E-state index contributed by atoms with van der Waals surface area (Å²) in [4.78, 5) is 4.33. The Morgan fingerprint density at radius 3 is 2.10 bits per heavy atom. The Morgan fingerprint density at radius 2 is 1.49 bits per heavy atom. The van der Waals surface area contributed by atoms with Gasteiger partial charge in [0.15, 0.2) is 0 Å². The van der Waals surface area contributed by atoms with Crippen molar-refractivity contribution < 1.29 is 9.47 Å². The van der Waals surface area contributed by atoms with Gasteiger partial charge in [0.1, 0.15) is 20.2 Å². The molecule has 0 spiro atoms. The molecule has 2 aromatic carbocycles. The summed E-state index contributed by atoms with van der Waals surface area (Å²) in [6.07, 6.45) is 0. The molecule has 39 heavy (non-hydrogen) atoms. The Morgan fingerprint density at radius 1 is 0.897 bits per heavy atom. The number of hydrogen-bond donors (Lipinski definition) is 0. The van der Waals surface area contributed by atoms with Gasteiger partial charge >= 0.3 is 0 Å². The Labute approximate surface area is 284 Å². The number of rotatable bonds is 9. The van der Waals surface area contributed by atoms with E-state index in [0.717, 1.165) is 41.6 Å². The molecule has 1 aromatic heterocycles. The zero-order valence-electron chi connectivity index (χ0n) is 23.5. The van der Waals surface area contributed by atoms with E-state index in [1.54, 1.807) is 0 Å². The van der Waals surface area contributed by atoms with E-state index < -0.39 is 16.1 Å². The van der Waals surface area contributed by atoms with Gasteiger partial charge < -0.3 is 9.47 Å². The van der Waals surface area contributed by atoms with Crippen LogP contribution in [0.25, 0.3) is 10.9 Å². The van der Waals surface area contributed by atoms with Gasteiger partial charge in [0.05, 0.1) is 12.1 Å². The number of benzene rings is 2. The quantitative estimate of drug-likeness (QED) is 0.0930. The topological polar surface area (TPSA) is 48.6 Å². The number of nitrogens with zero attached hydrogens (tertiary/aromatic N) is 3. The minimum atomic E-state index is -1.01. The van der Waals surface area contributed by atoms with Crippen molar-refractivity contribution in [1.82, 2.24) is 9.78 Å². The average molecular weight is 942 g/mol. The molecule has 0 saturated carbocycles. The van der Waals surface area contributed by atoms with Crippen molar-refractivity contribution in [2.75, 3.05) is 19.3 Å². The fraction of sp³-hybridized carbons (Fsp3) is 0.481. The second kappa shape index (κ2) is 17.1. The van der Waals surface area contributed by atoms with Gasteiger partial charge in [-0.05, 0) is 93.2 Å². The Balaban J connectivity index is 0.000000226. The summed E-state index contributed by atoms with van der Waals surface area (Å²) in [5, 5.41) is 5.70. The first-order valence-electron chi connectivity index (χ1n) is 12.7. The number of alkyl halides is 1. The zero-order chi connectivity index (χ0) is 29.2. The van der Waals surface area contributed by atoms with Gasteiger partial charge in [-0.2, -0.15) is 5.10 Å². The molecular weight excluding hydrogens is 904 g/mol. The average Bonchev–Trinajstić information content (AvgIpc) is 3.35. The van der Waals surface area contributed by atoms with Gasteiger partial charge in [-0.1, -0.05) is 88.8 Å². The number of aliphatic imine (C=N–C) groups is 1. The van der Waals surface area contributed by atoms with E-state index in [-0.39, 0.29) is 0 Å². The number of aromatic nitrogens is 2. The molecule has 3 aromatic rings.